The number of carbonyl (C=O) groups excluding carboxylic acids is 1. The van der Waals surface area contributed by atoms with Gasteiger partial charge in [-0.05, 0) is 56.8 Å². The highest BCUT2D eigenvalue weighted by atomic mass is 16.5. The molecule has 1 unspecified atom stereocenters. The lowest BCUT2D eigenvalue weighted by Gasteiger charge is -2.19. The van der Waals surface area contributed by atoms with Gasteiger partial charge in [-0.15, -0.1) is 0 Å². The molecule has 1 amide bonds. The Morgan fingerprint density at radius 2 is 2.08 bits per heavy atom. The van der Waals surface area contributed by atoms with E-state index < -0.39 is 0 Å². The predicted molar refractivity (Wildman–Crippen MR) is 144 cm³/mol. The molecule has 9 nitrogen and oxygen atoms in total. The van der Waals surface area contributed by atoms with E-state index in [0.29, 0.717) is 24.5 Å². The fourth-order valence-corrected chi connectivity index (χ4v) is 5.65. The molecule has 1 fully saturated rings. The summed E-state index contributed by atoms with van der Waals surface area (Å²) in [5.41, 5.74) is 8.85. The van der Waals surface area contributed by atoms with Crippen LogP contribution in [0.25, 0.3) is 28.0 Å². The van der Waals surface area contributed by atoms with E-state index in [0.717, 1.165) is 70.0 Å². The Morgan fingerprint density at radius 1 is 1.16 bits per heavy atom. The monoisotopic (exact) mass is 508 g/mol. The molecule has 9 heteroatoms. The van der Waals surface area contributed by atoms with Gasteiger partial charge in [-0.2, -0.15) is 0 Å². The highest BCUT2D eigenvalue weighted by Crippen LogP contribution is 2.37. The number of nitrogens with zero attached hydrogens (tertiary/aromatic N) is 4. The van der Waals surface area contributed by atoms with Crippen molar-refractivity contribution in [2.45, 2.75) is 32.0 Å². The number of nitrogens with one attached hydrogen (secondary N) is 2. The van der Waals surface area contributed by atoms with Gasteiger partial charge in [0.2, 0.25) is 0 Å². The van der Waals surface area contributed by atoms with Crippen LogP contribution in [0.15, 0.2) is 59.3 Å². The molecular weight excluding hydrogens is 480 g/mol. The lowest BCUT2D eigenvalue weighted by Crippen LogP contribution is -2.16. The minimum atomic E-state index is -0.101. The van der Waals surface area contributed by atoms with Gasteiger partial charge in [0.25, 0.3) is 5.91 Å². The van der Waals surface area contributed by atoms with Crippen molar-refractivity contribution in [1.82, 2.24) is 24.6 Å². The molecular formula is C29H28N6O3. The number of rotatable bonds is 6. The van der Waals surface area contributed by atoms with Gasteiger partial charge in [0.15, 0.2) is 5.58 Å². The fourth-order valence-electron chi connectivity index (χ4n) is 5.65. The average Bonchev–Trinajstić information content (AvgIpc) is 3.70. The zero-order chi connectivity index (χ0) is 25.8. The Labute approximate surface area is 219 Å². The molecule has 6 heterocycles. The highest BCUT2D eigenvalue weighted by Gasteiger charge is 2.28. The third kappa shape index (κ3) is 3.74. The van der Waals surface area contributed by atoms with Crippen molar-refractivity contribution >= 4 is 34.2 Å². The van der Waals surface area contributed by atoms with Gasteiger partial charge < -0.3 is 24.7 Å². The zero-order valence-electron chi connectivity index (χ0n) is 21.3. The van der Waals surface area contributed by atoms with Crippen LogP contribution in [0.5, 0.6) is 0 Å². The maximum absolute atomic E-state index is 13.0. The van der Waals surface area contributed by atoms with Crippen molar-refractivity contribution in [2.24, 2.45) is 0 Å². The molecule has 2 aliphatic rings. The SMILES string of the molecule is CN(C)Cc1nc(Nc2ccc(-c3cnc4ccc5occc5n34)c3c2C(=O)NC3)ccc1C1CCCO1. The third-order valence-electron chi connectivity index (χ3n) is 7.34. The van der Waals surface area contributed by atoms with Gasteiger partial charge >= 0.3 is 0 Å². The summed E-state index contributed by atoms with van der Waals surface area (Å²) in [5.74, 6) is 0.601. The molecule has 7 rings (SSSR count). The number of aromatic nitrogens is 3. The standard InChI is InChI=1S/C29H28N6O3/c1-34(2)16-21-18(24-4-3-12-37-24)6-9-26(33-21)32-20-7-5-17(19-14-31-29(36)28(19)20)23-15-30-27-10-8-25-22(35(23)27)11-13-38-25/h5-11,13,15,24H,3-4,12,14,16H2,1-2H3,(H,31,36)(H,32,33). The van der Waals surface area contributed by atoms with Crippen molar-refractivity contribution in [3.63, 3.8) is 0 Å². The molecule has 192 valence electrons. The van der Waals surface area contributed by atoms with Crippen LogP contribution in [0.3, 0.4) is 0 Å². The lowest BCUT2D eigenvalue weighted by atomic mass is 9.99. The van der Waals surface area contributed by atoms with Crippen molar-refractivity contribution < 1.29 is 13.9 Å². The maximum Gasteiger partial charge on any atom is 0.254 e. The Kier molecular flexibility index (Phi) is 5.41. The van der Waals surface area contributed by atoms with Crippen molar-refractivity contribution in [2.75, 3.05) is 26.0 Å². The molecule has 38 heavy (non-hydrogen) atoms. The number of hydrogen-bond acceptors (Lipinski definition) is 7. The Hall–Kier alpha value is -4.21. The number of ether oxygens (including phenoxy) is 1. The first-order valence-corrected chi connectivity index (χ1v) is 12.9. The first-order chi connectivity index (χ1) is 18.6. The van der Waals surface area contributed by atoms with E-state index in [2.05, 4.69) is 31.0 Å². The summed E-state index contributed by atoms with van der Waals surface area (Å²) in [7, 11) is 4.07. The quantitative estimate of drug-likeness (QED) is 0.332. The Bertz CT molecular complexity index is 1700. The summed E-state index contributed by atoms with van der Waals surface area (Å²) in [6.07, 6.45) is 5.70. The second kappa shape index (κ2) is 8.97. The molecule has 1 saturated heterocycles. The molecule has 5 aromatic rings. The fraction of sp³-hybridized carbons (Fsp3) is 0.276. The van der Waals surface area contributed by atoms with Crippen LogP contribution < -0.4 is 10.6 Å². The minimum absolute atomic E-state index is 0.0907. The number of carbonyl (C=O) groups is 1. The number of amides is 1. The van der Waals surface area contributed by atoms with E-state index in [1.165, 1.54) is 0 Å². The summed E-state index contributed by atoms with van der Waals surface area (Å²) in [6.45, 7) is 1.95. The average molecular weight is 509 g/mol. The lowest BCUT2D eigenvalue weighted by molar-refractivity contribution is 0.0966. The van der Waals surface area contributed by atoms with Crippen LogP contribution in [0.4, 0.5) is 11.5 Å². The summed E-state index contributed by atoms with van der Waals surface area (Å²) in [4.78, 5) is 24.7. The summed E-state index contributed by atoms with van der Waals surface area (Å²) < 4.78 is 13.6. The number of imidazole rings is 1. The summed E-state index contributed by atoms with van der Waals surface area (Å²) in [6, 6.07) is 13.9. The topological polar surface area (TPSA) is 96.9 Å². The van der Waals surface area contributed by atoms with Gasteiger partial charge in [0.05, 0.1) is 46.7 Å². The molecule has 4 aromatic heterocycles. The summed E-state index contributed by atoms with van der Waals surface area (Å²) in [5, 5.41) is 6.44. The molecule has 1 aromatic carbocycles. The minimum Gasteiger partial charge on any atom is -0.463 e. The predicted octanol–water partition coefficient (Wildman–Crippen LogP) is 5.04. The normalized spacial score (nSPS) is 17.0. The van der Waals surface area contributed by atoms with Crippen LogP contribution in [-0.4, -0.2) is 45.9 Å². The smallest absolute Gasteiger partial charge is 0.254 e. The van der Waals surface area contributed by atoms with Gasteiger partial charge in [0.1, 0.15) is 11.5 Å². The first-order valence-electron chi connectivity index (χ1n) is 12.9. The highest BCUT2D eigenvalue weighted by molar-refractivity contribution is 6.06. The van der Waals surface area contributed by atoms with Crippen LogP contribution in [0, 0.1) is 0 Å². The van der Waals surface area contributed by atoms with Gasteiger partial charge in [0, 0.05) is 36.9 Å². The molecule has 0 bridgehead atoms. The van der Waals surface area contributed by atoms with Crippen LogP contribution in [0.2, 0.25) is 0 Å². The van der Waals surface area contributed by atoms with Crippen molar-refractivity contribution in [1.29, 1.82) is 0 Å². The zero-order valence-corrected chi connectivity index (χ0v) is 21.3. The van der Waals surface area contributed by atoms with Gasteiger partial charge in [-0.3, -0.25) is 9.20 Å². The molecule has 1 atom stereocenters. The molecule has 2 aliphatic heterocycles. The number of benzene rings is 1. The Balaban J connectivity index is 1.29. The van der Waals surface area contributed by atoms with E-state index in [-0.39, 0.29) is 12.0 Å². The third-order valence-corrected chi connectivity index (χ3v) is 7.34. The molecule has 0 radical (unpaired) electrons. The van der Waals surface area contributed by atoms with E-state index >= 15 is 0 Å². The molecule has 0 spiro atoms. The molecule has 0 aliphatic carbocycles. The van der Waals surface area contributed by atoms with Gasteiger partial charge in [-0.25, -0.2) is 9.97 Å². The van der Waals surface area contributed by atoms with E-state index in [4.69, 9.17) is 14.1 Å². The maximum atomic E-state index is 13.0. The number of hydrogen-bond donors (Lipinski definition) is 2. The van der Waals surface area contributed by atoms with Crippen molar-refractivity contribution in [3.8, 4) is 11.3 Å². The van der Waals surface area contributed by atoms with E-state index in [1.807, 2.05) is 56.7 Å². The molecule has 2 N–H and O–H groups in total. The molecule has 0 saturated carbocycles. The van der Waals surface area contributed by atoms with Crippen LogP contribution in [0.1, 0.15) is 46.1 Å². The van der Waals surface area contributed by atoms with Gasteiger partial charge in [-0.1, -0.05) is 12.1 Å². The second-order valence-electron chi connectivity index (χ2n) is 10.1. The Morgan fingerprint density at radius 3 is 2.92 bits per heavy atom. The number of furan rings is 1. The van der Waals surface area contributed by atoms with Crippen LogP contribution in [-0.2, 0) is 17.8 Å². The largest absolute Gasteiger partial charge is 0.463 e. The van der Waals surface area contributed by atoms with E-state index in [1.54, 1.807) is 6.26 Å². The number of pyridine rings is 2. The first kappa shape index (κ1) is 22.9. The van der Waals surface area contributed by atoms with Crippen LogP contribution >= 0.6 is 0 Å². The summed E-state index contributed by atoms with van der Waals surface area (Å²) >= 11 is 0. The number of fused-ring (bicyclic) bond motifs is 4. The van der Waals surface area contributed by atoms with E-state index in [9.17, 15) is 4.79 Å². The number of anilines is 2. The second-order valence-corrected chi connectivity index (χ2v) is 10.1. The van der Waals surface area contributed by atoms with Crippen molar-refractivity contribution in [3.05, 3.63) is 77.3 Å².